The summed E-state index contributed by atoms with van der Waals surface area (Å²) in [6, 6.07) is 15.6. The van der Waals surface area contributed by atoms with Crippen LogP contribution >= 0.6 is 11.6 Å². The molecule has 1 atom stereocenters. The molecule has 5 nitrogen and oxygen atoms in total. The number of rotatable bonds is 8. The van der Waals surface area contributed by atoms with E-state index in [1.54, 1.807) is 7.05 Å². The van der Waals surface area contributed by atoms with Crippen LogP contribution in [0.5, 0.6) is 0 Å². The molecular formula is C22H29ClN4O. The molecule has 150 valence electrons. The van der Waals surface area contributed by atoms with Gasteiger partial charge in [0.25, 0.3) is 5.91 Å². The van der Waals surface area contributed by atoms with E-state index in [0.717, 1.165) is 35.9 Å². The van der Waals surface area contributed by atoms with E-state index in [1.807, 2.05) is 49.4 Å². The fraction of sp³-hybridized carbons (Fsp3) is 0.364. The predicted molar refractivity (Wildman–Crippen MR) is 117 cm³/mol. The largest absolute Gasteiger partial charge is 0.356 e. The second kappa shape index (κ2) is 11.3. The molecule has 0 aliphatic carbocycles. The first-order valence-electron chi connectivity index (χ1n) is 9.60. The van der Waals surface area contributed by atoms with Gasteiger partial charge in [0.15, 0.2) is 5.96 Å². The maximum Gasteiger partial charge on any atom is 0.251 e. The zero-order valence-corrected chi connectivity index (χ0v) is 17.5. The van der Waals surface area contributed by atoms with Crippen molar-refractivity contribution in [1.82, 2.24) is 16.0 Å². The Labute approximate surface area is 172 Å². The van der Waals surface area contributed by atoms with Crippen LogP contribution in [-0.4, -0.2) is 31.5 Å². The van der Waals surface area contributed by atoms with Crippen LogP contribution in [0.4, 0.5) is 0 Å². The van der Waals surface area contributed by atoms with Crippen molar-refractivity contribution in [2.45, 2.75) is 39.3 Å². The molecule has 2 aromatic rings. The summed E-state index contributed by atoms with van der Waals surface area (Å²) in [5, 5.41) is 10.3. The lowest BCUT2D eigenvalue weighted by molar-refractivity contribution is 0.0939. The summed E-state index contributed by atoms with van der Waals surface area (Å²) >= 11 is 6.02. The van der Waals surface area contributed by atoms with Gasteiger partial charge < -0.3 is 16.0 Å². The molecule has 0 aromatic heterocycles. The highest BCUT2D eigenvalue weighted by Crippen LogP contribution is 2.10. The molecule has 0 heterocycles. The number of nitrogens with zero attached hydrogens (tertiary/aromatic N) is 1. The van der Waals surface area contributed by atoms with E-state index in [9.17, 15) is 4.79 Å². The van der Waals surface area contributed by atoms with E-state index in [2.05, 4.69) is 33.9 Å². The van der Waals surface area contributed by atoms with Crippen molar-refractivity contribution < 1.29 is 4.79 Å². The van der Waals surface area contributed by atoms with Gasteiger partial charge in [-0.25, -0.2) is 0 Å². The number of hydrogen-bond acceptors (Lipinski definition) is 2. The molecule has 1 unspecified atom stereocenters. The van der Waals surface area contributed by atoms with Crippen LogP contribution < -0.4 is 16.0 Å². The summed E-state index contributed by atoms with van der Waals surface area (Å²) in [6.45, 7) is 5.39. The number of nitrogens with one attached hydrogen (secondary N) is 3. The average Bonchev–Trinajstić information content (AvgIpc) is 2.70. The number of carbonyl (C=O) groups is 1. The number of halogens is 1. The van der Waals surface area contributed by atoms with E-state index >= 15 is 0 Å². The van der Waals surface area contributed by atoms with Crippen LogP contribution in [0.15, 0.2) is 53.5 Å². The number of hydrogen-bond donors (Lipinski definition) is 3. The highest BCUT2D eigenvalue weighted by molar-refractivity contribution is 6.30. The quantitative estimate of drug-likeness (QED) is 0.466. The number of amides is 1. The third kappa shape index (κ3) is 7.24. The molecule has 0 aliphatic rings. The van der Waals surface area contributed by atoms with Crippen LogP contribution in [0.1, 0.15) is 41.8 Å². The minimum absolute atomic E-state index is 0.0415. The van der Waals surface area contributed by atoms with Gasteiger partial charge in [-0.05, 0) is 55.2 Å². The number of benzene rings is 2. The highest BCUT2D eigenvalue weighted by atomic mass is 35.5. The van der Waals surface area contributed by atoms with Crippen LogP contribution in [0.25, 0.3) is 0 Å². The molecule has 28 heavy (non-hydrogen) atoms. The van der Waals surface area contributed by atoms with Crippen molar-refractivity contribution in [3.8, 4) is 0 Å². The average molecular weight is 401 g/mol. The molecule has 0 bridgehead atoms. The Kier molecular flexibility index (Phi) is 8.82. The van der Waals surface area contributed by atoms with Gasteiger partial charge in [-0.1, -0.05) is 42.8 Å². The van der Waals surface area contributed by atoms with Crippen LogP contribution in [-0.2, 0) is 13.0 Å². The standard InChI is InChI=1S/C22H29ClN4O/c1-4-16(2)27-21(28)19-9-5-8-18(13-19)15-26-22(24-3)25-12-11-17-7-6-10-20(23)14-17/h5-10,13-14,16H,4,11-12,15H2,1-3H3,(H,27,28)(H2,24,25,26). The van der Waals surface area contributed by atoms with Gasteiger partial charge in [-0.3, -0.25) is 9.79 Å². The zero-order chi connectivity index (χ0) is 20.4. The maximum atomic E-state index is 12.3. The van der Waals surface area contributed by atoms with E-state index in [1.165, 1.54) is 5.56 Å². The minimum Gasteiger partial charge on any atom is -0.356 e. The smallest absolute Gasteiger partial charge is 0.251 e. The Morgan fingerprint density at radius 1 is 1.11 bits per heavy atom. The van der Waals surface area contributed by atoms with Gasteiger partial charge >= 0.3 is 0 Å². The van der Waals surface area contributed by atoms with Crippen molar-refractivity contribution in [2.24, 2.45) is 4.99 Å². The summed E-state index contributed by atoms with van der Waals surface area (Å²) < 4.78 is 0. The van der Waals surface area contributed by atoms with Gasteiger partial charge in [0.1, 0.15) is 0 Å². The van der Waals surface area contributed by atoms with Crippen molar-refractivity contribution >= 4 is 23.5 Å². The third-order valence-electron chi connectivity index (χ3n) is 4.46. The first-order valence-corrected chi connectivity index (χ1v) is 9.98. The van der Waals surface area contributed by atoms with Gasteiger partial charge in [0, 0.05) is 36.8 Å². The van der Waals surface area contributed by atoms with Gasteiger partial charge in [0.05, 0.1) is 0 Å². The number of aliphatic imine (C=N–C) groups is 1. The van der Waals surface area contributed by atoms with Gasteiger partial charge in [-0.15, -0.1) is 0 Å². The van der Waals surface area contributed by atoms with E-state index in [-0.39, 0.29) is 11.9 Å². The molecule has 2 rings (SSSR count). The SMILES string of the molecule is CCC(C)NC(=O)c1cccc(CNC(=NC)NCCc2cccc(Cl)c2)c1. The number of carbonyl (C=O) groups excluding carboxylic acids is 1. The summed E-state index contributed by atoms with van der Waals surface area (Å²) in [7, 11) is 1.74. The molecule has 0 aliphatic heterocycles. The number of guanidine groups is 1. The molecule has 0 saturated heterocycles. The highest BCUT2D eigenvalue weighted by Gasteiger charge is 2.09. The molecule has 3 N–H and O–H groups in total. The lowest BCUT2D eigenvalue weighted by Gasteiger charge is -2.14. The maximum absolute atomic E-state index is 12.3. The summed E-state index contributed by atoms with van der Waals surface area (Å²) in [6.07, 6.45) is 1.76. The second-order valence-electron chi connectivity index (χ2n) is 6.72. The second-order valence-corrected chi connectivity index (χ2v) is 7.15. The molecule has 2 aromatic carbocycles. The lowest BCUT2D eigenvalue weighted by Crippen LogP contribution is -2.38. The molecule has 6 heteroatoms. The van der Waals surface area contributed by atoms with E-state index in [0.29, 0.717) is 12.1 Å². The summed E-state index contributed by atoms with van der Waals surface area (Å²) in [5.41, 5.74) is 2.87. The van der Waals surface area contributed by atoms with E-state index < -0.39 is 0 Å². The fourth-order valence-electron chi connectivity index (χ4n) is 2.66. The Hall–Kier alpha value is -2.53. The van der Waals surface area contributed by atoms with Crippen LogP contribution in [0.3, 0.4) is 0 Å². The minimum atomic E-state index is -0.0415. The lowest BCUT2D eigenvalue weighted by atomic mass is 10.1. The molecule has 0 spiro atoms. The zero-order valence-electron chi connectivity index (χ0n) is 16.8. The van der Waals surface area contributed by atoms with Gasteiger partial charge in [0.2, 0.25) is 0 Å². The monoisotopic (exact) mass is 400 g/mol. The molecule has 1 amide bonds. The first-order chi connectivity index (χ1) is 13.5. The van der Waals surface area contributed by atoms with Crippen LogP contribution in [0.2, 0.25) is 5.02 Å². The van der Waals surface area contributed by atoms with Crippen molar-refractivity contribution in [3.63, 3.8) is 0 Å². The van der Waals surface area contributed by atoms with Crippen molar-refractivity contribution in [2.75, 3.05) is 13.6 Å². The van der Waals surface area contributed by atoms with Crippen molar-refractivity contribution in [3.05, 3.63) is 70.2 Å². The molecule has 0 saturated carbocycles. The van der Waals surface area contributed by atoms with Crippen molar-refractivity contribution in [1.29, 1.82) is 0 Å². The topological polar surface area (TPSA) is 65.5 Å². The first kappa shape index (κ1) is 21.8. The molecular weight excluding hydrogens is 372 g/mol. The normalized spacial score (nSPS) is 12.4. The van der Waals surface area contributed by atoms with Gasteiger partial charge in [-0.2, -0.15) is 0 Å². The summed E-state index contributed by atoms with van der Waals surface area (Å²) in [4.78, 5) is 16.5. The Balaban J connectivity index is 1.84. The Morgan fingerprint density at radius 3 is 2.57 bits per heavy atom. The fourth-order valence-corrected chi connectivity index (χ4v) is 2.87. The Bertz CT molecular complexity index is 807. The Morgan fingerprint density at radius 2 is 1.86 bits per heavy atom. The predicted octanol–water partition coefficient (Wildman–Crippen LogP) is 3.78. The summed E-state index contributed by atoms with van der Waals surface area (Å²) in [5.74, 6) is 0.678. The molecule has 0 radical (unpaired) electrons. The third-order valence-corrected chi connectivity index (χ3v) is 4.69. The van der Waals surface area contributed by atoms with E-state index in [4.69, 9.17) is 11.6 Å². The molecule has 0 fully saturated rings. The van der Waals surface area contributed by atoms with Crippen LogP contribution in [0, 0.1) is 0 Å².